The van der Waals surface area contributed by atoms with Gasteiger partial charge in [0.05, 0.1) is 4.90 Å². The monoisotopic (exact) mass is 270 g/mol. The van der Waals surface area contributed by atoms with Crippen LogP contribution < -0.4 is 10.0 Å². The highest BCUT2D eigenvalue weighted by atomic mass is 32.2. The Labute approximate surface area is 110 Å². The van der Waals surface area contributed by atoms with Gasteiger partial charge in [-0.25, -0.2) is 13.1 Å². The Kier molecular flexibility index (Phi) is 6.15. The first-order chi connectivity index (χ1) is 8.60. The lowest BCUT2D eigenvalue weighted by molar-refractivity contribution is 0.588. The normalized spacial score (nSPS) is 11.4. The highest BCUT2D eigenvalue weighted by molar-refractivity contribution is 7.89. The van der Waals surface area contributed by atoms with Crippen LogP contribution in [0.4, 0.5) is 5.69 Å². The molecule has 0 atom stereocenters. The van der Waals surface area contributed by atoms with Gasteiger partial charge in [-0.05, 0) is 31.7 Å². The van der Waals surface area contributed by atoms with Crippen LogP contribution >= 0.6 is 0 Å². The molecule has 0 saturated heterocycles. The van der Waals surface area contributed by atoms with Gasteiger partial charge < -0.3 is 5.32 Å². The molecule has 0 radical (unpaired) electrons. The lowest BCUT2D eigenvalue weighted by Gasteiger charge is -2.08. The molecule has 0 saturated carbocycles. The molecule has 102 valence electrons. The maximum Gasteiger partial charge on any atom is 0.240 e. The van der Waals surface area contributed by atoms with Gasteiger partial charge in [-0.2, -0.15) is 0 Å². The number of benzene rings is 1. The Balaban J connectivity index is 2.55. The second kappa shape index (κ2) is 7.38. The average molecular weight is 270 g/mol. The molecule has 0 amide bonds. The van der Waals surface area contributed by atoms with Gasteiger partial charge in [-0.15, -0.1) is 0 Å². The number of unbranched alkanes of at least 4 members (excludes halogenated alkanes) is 3. The van der Waals surface area contributed by atoms with Crippen LogP contribution in [0.15, 0.2) is 29.2 Å². The summed E-state index contributed by atoms with van der Waals surface area (Å²) in [5, 5.41) is 3.25. The minimum atomic E-state index is -3.35. The van der Waals surface area contributed by atoms with Crippen molar-refractivity contribution < 1.29 is 8.42 Å². The summed E-state index contributed by atoms with van der Waals surface area (Å²) in [6, 6.07) is 6.88. The lowest BCUT2D eigenvalue weighted by Crippen LogP contribution is -2.18. The van der Waals surface area contributed by atoms with Gasteiger partial charge in [-0.1, -0.05) is 32.3 Å². The van der Waals surface area contributed by atoms with Crippen molar-refractivity contribution in [2.45, 2.75) is 37.5 Å². The van der Waals surface area contributed by atoms with Crippen molar-refractivity contribution in [2.75, 3.05) is 18.9 Å². The van der Waals surface area contributed by atoms with Gasteiger partial charge in [0.2, 0.25) is 10.0 Å². The van der Waals surface area contributed by atoms with Gasteiger partial charge in [0.15, 0.2) is 0 Å². The summed E-state index contributed by atoms with van der Waals surface area (Å²) in [4.78, 5) is 0.295. The molecular formula is C13H22N2O2S. The van der Waals surface area contributed by atoms with E-state index in [-0.39, 0.29) is 0 Å². The minimum Gasteiger partial charge on any atom is -0.385 e. The van der Waals surface area contributed by atoms with Crippen LogP contribution in [-0.4, -0.2) is 22.0 Å². The van der Waals surface area contributed by atoms with Gasteiger partial charge >= 0.3 is 0 Å². The van der Waals surface area contributed by atoms with Crippen LogP contribution in [0.1, 0.15) is 32.6 Å². The second-order valence-corrected chi connectivity index (χ2v) is 6.11. The quantitative estimate of drug-likeness (QED) is 0.714. The van der Waals surface area contributed by atoms with E-state index in [1.54, 1.807) is 18.2 Å². The highest BCUT2D eigenvalue weighted by Gasteiger charge is 2.10. The third kappa shape index (κ3) is 4.66. The Morgan fingerprint density at radius 2 is 1.94 bits per heavy atom. The summed E-state index contributed by atoms with van der Waals surface area (Å²) in [7, 11) is -1.93. The van der Waals surface area contributed by atoms with Gasteiger partial charge in [0, 0.05) is 12.2 Å². The second-order valence-electron chi connectivity index (χ2n) is 4.22. The largest absolute Gasteiger partial charge is 0.385 e. The van der Waals surface area contributed by atoms with E-state index in [2.05, 4.69) is 17.0 Å². The van der Waals surface area contributed by atoms with Crippen LogP contribution in [0.2, 0.25) is 0 Å². The van der Waals surface area contributed by atoms with E-state index >= 15 is 0 Å². The molecule has 0 fully saturated rings. The van der Waals surface area contributed by atoms with E-state index in [9.17, 15) is 8.42 Å². The first-order valence-electron chi connectivity index (χ1n) is 6.37. The van der Waals surface area contributed by atoms with Gasteiger partial charge in [-0.3, -0.25) is 0 Å². The highest BCUT2D eigenvalue weighted by Crippen LogP contribution is 2.15. The molecule has 0 spiro atoms. The van der Waals surface area contributed by atoms with Crippen LogP contribution in [0, 0.1) is 0 Å². The van der Waals surface area contributed by atoms with E-state index in [1.165, 1.54) is 26.3 Å². The number of sulfonamides is 1. The molecule has 4 nitrogen and oxygen atoms in total. The Bertz CT molecular complexity index is 458. The molecule has 1 rings (SSSR count). The van der Waals surface area contributed by atoms with Crippen LogP contribution in [0.25, 0.3) is 0 Å². The predicted octanol–water partition coefficient (Wildman–Crippen LogP) is 2.59. The number of anilines is 1. The van der Waals surface area contributed by atoms with Crippen molar-refractivity contribution in [1.29, 1.82) is 0 Å². The first-order valence-corrected chi connectivity index (χ1v) is 7.86. The third-order valence-corrected chi connectivity index (χ3v) is 4.18. The van der Waals surface area contributed by atoms with Crippen molar-refractivity contribution in [3.8, 4) is 0 Å². The Hall–Kier alpha value is -1.07. The number of rotatable bonds is 8. The fourth-order valence-corrected chi connectivity index (χ4v) is 2.45. The fraction of sp³-hybridized carbons (Fsp3) is 0.538. The third-order valence-electron chi connectivity index (χ3n) is 2.77. The van der Waals surface area contributed by atoms with Gasteiger partial charge in [0.1, 0.15) is 0 Å². The minimum absolute atomic E-state index is 0.295. The lowest BCUT2D eigenvalue weighted by atomic mass is 10.2. The van der Waals surface area contributed by atoms with E-state index in [0.29, 0.717) is 4.90 Å². The molecule has 2 N–H and O–H groups in total. The van der Waals surface area contributed by atoms with Crippen molar-refractivity contribution in [1.82, 2.24) is 4.72 Å². The Morgan fingerprint density at radius 1 is 1.17 bits per heavy atom. The van der Waals surface area contributed by atoms with Crippen LogP contribution in [0.5, 0.6) is 0 Å². The molecule has 0 heterocycles. The molecule has 18 heavy (non-hydrogen) atoms. The van der Waals surface area contributed by atoms with Crippen molar-refractivity contribution in [3.05, 3.63) is 24.3 Å². The predicted molar refractivity (Wildman–Crippen MR) is 75.3 cm³/mol. The van der Waals surface area contributed by atoms with E-state index in [0.717, 1.165) is 18.7 Å². The summed E-state index contributed by atoms with van der Waals surface area (Å²) in [5.74, 6) is 0. The number of hydrogen-bond acceptors (Lipinski definition) is 3. The summed E-state index contributed by atoms with van der Waals surface area (Å²) in [5.41, 5.74) is 0.850. The SMILES string of the molecule is CCCCCCNc1cccc(S(=O)(=O)NC)c1. The molecule has 0 bridgehead atoms. The van der Waals surface area contributed by atoms with Crippen LogP contribution in [-0.2, 0) is 10.0 Å². The van der Waals surface area contributed by atoms with Crippen molar-refractivity contribution in [2.24, 2.45) is 0 Å². The molecule has 0 unspecified atom stereocenters. The van der Waals surface area contributed by atoms with E-state index in [1.807, 2.05) is 6.07 Å². The zero-order chi connectivity index (χ0) is 13.4. The topological polar surface area (TPSA) is 58.2 Å². The molecule has 0 aliphatic heterocycles. The molecule has 1 aromatic carbocycles. The van der Waals surface area contributed by atoms with Crippen LogP contribution in [0.3, 0.4) is 0 Å². The summed E-state index contributed by atoms with van der Waals surface area (Å²) >= 11 is 0. The molecule has 5 heteroatoms. The number of hydrogen-bond donors (Lipinski definition) is 2. The zero-order valence-corrected chi connectivity index (χ0v) is 11.9. The smallest absolute Gasteiger partial charge is 0.240 e. The average Bonchev–Trinajstić information content (AvgIpc) is 2.39. The molecular weight excluding hydrogens is 248 g/mol. The fourth-order valence-electron chi connectivity index (χ4n) is 1.68. The van der Waals surface area contributed by atoms with Crippen molar-refractivity contribution >= 4 is 15.7 Å². The summed E-state index contributed by atoms with van der Waals surface area (Å²) in [6.07, 6.45) is 4.78. The summed E-state index contributed by atoms with van der Waals surface area (Å²) < 4.78 is 25.6. The number of nitrogens with one attached hydrogen (secondary N) is 2. The first kappa shape index (κ1) is 15.0. The maximum absolute atomic E-state index is 11.6. The standard InChI is InChI=1S/C13H22N2O2S/c1-3-4-5-6-10-15-12-8-7-9-13(11-12)18(16,17)14-2/h7-9,11,14-15H,3-6,10H2,1-2H3. The van der Waals surface area contributed by atoms with Gasteiger partial charge in [0.25, 0.3) is 0 Å². The molecule has 0 aliphatic rings. The van der Waals surface area contributed by atoms with Crippen molar-refractivity contribution in [3.63, 3.8) is 0 Å². The zero-order valence-electron chi connectivity index (χ0n) is 11.1. The molecule has 0 aromatic heterocycles. The maximum atomic E-state index is 11.6. The summed E-state index contributed by atoms with van der Waals surface area (Å²) in [6.45, 7) is 3.06. The molecule has 0 aliphatic carbocycles. The van der Waals surface area contributed by atoms with E-state index in [4.69, 9.17) is 0 Å². The Morgan fingerprint density at radius 3 is 2.61 bits per heavy atom. The van der Waals surface area contributed by atoms with E-state index < -0.39 is 10.0 Å². The molecule has 1 aromatic rings.